The average molecular weight is 316 g/mol. The third-order valence-electron chi connectivity index (χ3n) is 4.16. The Morgan fingerprint density at radius 1 is 1.41 bits per heavy atom. The molecule has 0 aliphatic carbocycles. The molecule has 1 aromatic carbocycles. The Kier molecular flexibility index (Phi) is 4.45. The van der Waals surface area contributed by atoms with Crippen molar-refractivity contribution in [2.45, 2.75) is 25.4 Å². The Hall–Kier alpha value is -1.85. The third kappa shape index (κ3) is 2.87. The van der Waals surface area contributed by atoms with E-state index < -0.39 is 0 Å². The van der Waals surface area contributed by atoms with Gasteiger partial charge in [-0.25, -0.2) is 4.79 Å². The largest absolute Gasteiger partial charge is 0.394 e. The van der Waals surface area contributed by atoms with Crippen LogP contribution >= 0.6 is 11.3 Å². The summed E-state index contributed by atoms with van der Waals surface area (Å²) in [5.74, 6) is 0. The van der Waals surface area contributed by atoms with Crippen LogP contribution in [0.5, 0.6) is 0 Å². The van der Waals surface area contributed by atoms with Gasteiger partial charge in [0, 0.05) is 11.4 Å². The fourth-order valence-electron chi connectivity index (χ4n) is 2.97. The molecule has 0 spiro atoms. The van der Waals surface area contributed by atoms with Gasteiger partial charge >= 0.3 is 6.03 Å². The average Bonchev–Trinajstić information content (AvgIpc) is 3.08. The number of rotatable bonds is 3. The minimum absolute atomic E-state index is 0.0241. The van der Waals surface area contributed by atoms with Crippen LogP contribution in [0.15, 0.2) is 41.8 Å². The lowest BCUT2D eigenvalue weighted by atomic mass is 9.93. The van der Waals surface area contributed by atoms with Crippen LogP contribution in [-0.4, -0.2) is 29.2 Å². The normalized spacial score (nSPS) is 18.6. The van der Waals surface area contributed by atoms with Crippen LogP contribution in [0.2, 0.25) is 0 Å². The number of nitrogens with zero attached hydrogens (tertiary/aromatic N) is 1. The predicted molar refractivity (Wildman–Crippen MR) is 87.9 cm³/mol. The van der Waals surface area contributed by atoms with E-state index in [1.165, 1.54) is 5.56 Å². The first-order valence-corrected chi connectivity index (χ1v) is 8.38. The van der Waals surface area contributed by atoms with E-state index in [1.54, 1.807) is 16.2 Å². The Morgan fingerprint density at radius 3 is 2.95 bits per heavy atom. The standard InChI is InChI=1S/C17H20N2O2S/c1-12(16-7-4-10-22-16)18-17(21)19-9-8-13-5-2-3-6-14(13)15(19)11-20/h2-7,10,12,15,20H,8-9,11H2,1H3,(H,18,21)/t12-,15-/m0/s1. The van der Waals surface area contributed by atoms with Gasteiger partial charge in [0.2, 0.25) is 0 Å². The molecule has 0 bridgehead atoms. The second-order valence-electron chi connectivity index (χ2n) is 5.53. The van der Waals surface area contributed by atoms with Crippen LogP contribution in [-0.2, 0) is 6.42 Å². The molecule has 0 fully saturated rings. The molecule has 0 unspecified atom stereocenters. The van der Waals surface area contributed by atoms with E-state index in [4.69, 9.17) is 0 Å². The lowest BCUT2D eigenvalue weighted by Gasteiger charge is -2.36. The van der Waals surface area contributed by atoms with Crippen molar-refractivity contribution in [3.63, 3.8) is 0 Å². The number of carbonyl (C=O) groups is 1. The molecule has 2 N–H and O–H groups in total. The number of urea groups is 1. The van der Waals surface area contributed by atoms with Crippen LogP contribution in [0, 0.1) is 0 Å². The molecule has 1 aliphatic rings. The van der Waals surface area contributed by atoms with E-state index in [-0.39, 0.29) is 24.7 Å². The van der Waals surface area contributed by atoms with Crippen LogP contribution in [0.1, 0.15) is 35.0 Å². The maximum absolute atomic E-state index is 12.6. The number of aliphatic hydroxyl groups is 1. The molecule has 2 amide bonds. The predicted octanol–water partition coefficient (Wildman–Crippen LogP) is 3.11. The number of carbonyl (C=O) groups excluding carboxylic acids is 1. The fourth-order valence-corrected chi connectivity index (χ4v) is 3.70. The second-order valence-corrected chi connectivity index (χ2v) is 6.51. The quantitative estimate of drug-likeness (QED) is 0.914. The summed E-state index contributed by atoms with van der Waals surface area (Å²) < 4.78 is 0. The molecule has 2 atom stereocenters. The molecule has 1 aliphatic heterocycles. The molecule has 116 valence electrons. The smallest absolute Gasteiger partial charge is 0.318 e. The molecule has 1 aromatic heterocycles. The lowest BCUT2D eigenvalue weighted by molar-refractivity contribution is 0.125. The maximum Gasteiger partial charge on any atom is 0.318 e. The highest BCUT2D eigenvalue weighted by Crippen LogP contribution is 2.29. The van der Waals surface area contributed by atoms with Crippen molar-refractivity contribution >= 4 is 17.4 Å². The highest BCUT2D eigenvalue weighted by molar-refractivity contribution is 7.10. The SMILES string of the molecule is C[C@H](NC(=O)N1CCc2ccccc2[C@@H]1CO)c1cccs1. The van der Waals surface area contributed by atoms with E-state index in [0.29, 0.717) is 6.54 Å². The Balaban J connectivity index is 1.75. The van der Waals surface area contributed by atoms with Gasteiger partial charge in [0.1, 0.15) is 0 Å². The van der Waals surface area contributed by atoms with Crippen molar-refractivity contribution in [1.82, 2.24) is 10.2 Å². The molecule has 2 aromatic rings. The summed E-state index contributed by atoms with van der Waals surface area (Å²) in [6, 6.07) is 11.6. The van der Waals surface area contributed by atoms with E-state index >= 15 is 0 Å². The van der Waals surface area contributed by atoms with Crippen molar-refractivity contribution in [3.05, 3.63) is 57.8 Å². The van der Waals surface area contributed by atoms with Crippen molar-refractivity contribution in [2.24, 2.45) is 0 Å². The molecular formula is C17H20N2O2S. The fraction of sp³-hybridized carbons (Fsp3) is 0.353. The summed E-state index contributed by atoms with van der Waals surface area (Å²) in [6.07, 6.45) is 0.827. The zero-order valence-corrected chi connectivity index (χ0v) is 13.3. The van der Waals surface area contributed by atoms with E-state index in [9.17, 15) is 9.90 Å². The van der Waals surface area contributed by atoms with E-state index in [2.05, 4.69) is 11.4 Å². The lowest BCUT2D eigenvalue weighted by Crippen LogP contribution is -2.47. The molecule has 4 nitrogen and oxygen atoms in total. The number of hydrogen-bond acceptors (Lipinski definition) is 3. The minimum Gasteiger partial charge on any atom is -0.394 e. The van der Waals surface area contributed by atoms with Crippen molar-refractivity contribution in [3.8, 4) is 0 Å². The Labute approximate surface area is 134 Å². The summed E-state index contributed by atoms with van der Waals surface area (Å²) in [5, 5.41) is 14.8. The molecular weight excluding hydrogens is 296 g/mol. The van der Waals surface area contributed by atoms with Gasteiger partial charge in [0.25, 0.3) is 0 Å². The number of aliphatic hydroxyl groups excluding tert-OH is 1. The van der Waals surface area contributed by atoms with Crippen LogP contribution < -0.4 is 5.32 Å². The van der Waals surface area contributed by atoms with E-state index in [1.807, 2.05) is 42.6 Å². The van der Waals surface area contributed by atoms with Gasteiger partial charge in [0.05, 0.1) is 18.7 Å². The van der Waals surface area contributed by atoms with Crippen molar-refractivity contribution in [1.29, 1.82) is 0 Å². The molecule has 2 heterocycles. The third-order valence-corrected chi connectivity index (χ3v) is 5.21. The van der Waals surface area contributed by atoms with Crippen LogP contribution in [0.25, 0.3) is 0 Å². The van der Waals surface area contributed by atoms with Crippen molar-refractivity contribution < 1.29 is 9.90 Å². The summed E-state index contributed by atoms with van der Waals surface area (Å²) in [5.41, 5.74) is 2.27. The van der Waals surface area contributed by atoms with Crippen LogP contribution in [0.4, 0.5) is 4.79 Å². The number of benzene rings is 1. The molecule has 0 saturated carbocycles. The highest BCUT2D eigenvalue weighted by atomic mass is 32.1. The Bertz CT molecular complexity index is 642. The van der Waals surface area contributed by atoms with Gasteiger partial charge in [-0.2, -0.15) is 0 Å². The summed E-state index contributed by atoms with van der Waals surface area (Å²) in [6.45, 7) is 2.55. The number of hydrogen-bond donors (Lipinski definition) is 2. The van der Waals surface area contributed by atoms with Crippen molar-refractivity contribution in [2.75, 3.05) is 13.2 Å². The first-order chi connectivity index (χ1) is 10.7. The minimum atomic E-state index is -0.263. The highest BCUT2D eigenvalue weighted by Gasteiger charge is 2.30. The van der Waals surface area contributed by atoms with Gasteiger partial charge in [-0.3, -0.25) is 0 Å². The summed E-state index contributed by atoms with van der Waals surface area (Å²) in [7, 11) is 0. The van der Waals surface area contributed by atoms with Gasteiger partial charge in [0.15, 0.2) is 0 Å². The Morgan fingerprint density at radius 2 is 2.23 bits per heavy atom. The number of thiophene rings is 1. The van der Waals surface area contributed by atoms with Crippen LogP contribution in [0.3, 0.4) is 0 Å². The van der Waals surface area contributed by atoms with Gasteiger partial charge < -0.3 is 15.3 Å². The maximum atomic E-state index is 12.6. The van der Waals surface area contributed by atoms with Gasteiger partial charge in [-0.15, -0.1) is 11.3 Å². The zero-order valence-electron chi connectivity index (χ0n) is 12.5. The first-order valence-electron chi connectivity index (χ1n) is 7.50. The summed E-state index contributed by atoms with van der Waals surface area (Å²) >= 11 is 1.63. The summed E-state index contributed by atoms with van der Waals surface area (Å²) in [4.78, 5) is 15.5. The van der Waals surface area contributed by atoms with Gasteiger partial charge in [-0.1, -0.05) is 30.3 Å². The number of nitrogens with one attached hydrogen (secondary N) is 1. The number of fused-ring (bicyclic) bond motifs is 1. The first kappa shape index (κ1) is 15.1. The zero-order chi connectivity index (χ0) is 15.5. The second kappa shape index (κ2) is 6.50. The van der Waals surface area contributed by atoms with Gasteiger partial charge in [-0.05, 0) is 35.9 Å². The monoisotopic (exact) mass is 316 g/mol. The topological polar surface area (TPSA) is 52.6 Å². The number of amides is 2. The molecule has 5 heteroatoms. The molecule has 0 saturated heterocycles. The molecule has 3 rings (SSSR count). The molecule has 0 radical (unpaired) electrons. The van der Waals surface area contributed by atoms with E-state index in [0.717, 1.165) is 16.9 Å². The molecule has 22 heavy (non-hydrogen) atoms.